The summed E-state index contributed by atoms with van der Waals surface area (Å²) in [5.41, 5.74) is -1.26. The smallest absolute Gasteiger partial charge is 0.394 e. The van der Waals surface area contributed by atoms with E-state index in [1.807, 2.05) is 13.8 Å². The Kier molecular flexibility index (Phi) is 20.8. The number of ketones is 1. The van der Waals surface area contributed by atoms with E-state index >= 15 is 0 Å². The third-order valence-electron chi connectivity index (χ3n) is 20.3. The SMILES string of the molecule is CC(C)CC(=O)CC(C)(O)[C@H]1CCC2C3C[C@H](O[C@@H]4O[C@H](C)[C@@H](O)[C@H](O[C@@H]5OC[C@@H](O[C@@H]6O[C@H](CO)[C@H](O)[C@H](O)[C@H]6O[C@@H]6O[C@H](C)[C@@H](O)[C@H](O)[C@H]6O)[C@H](O)[C@H]5O[C@@H]5O[C@H](C)[C@@H](O)[C@H](O)[C@H]5O)[C@H]4O)C4C[C@@H](OS(=O)(=O)O)CC[C@]4(C)C3=CC[C@@]21C. The third kappa shape index (κ3) is 13.5. The van der Waals surface area contributed by atoms with E-state index in [1.54, 1.807) is 6.92 Å². The zero-order valence-electron chi connectivity index (χ0n) is 49.1. The zero-order chi connectivity index (χ0) is 62.3. The molecule has 0 aromatic carbocycles. The van der Waals surface area contributed by atoms with Gasteiger partial charge in [-0.1, -0.05) is 39.3 Å². The van der Waals surface area contributed by atoms with Crippen LogP contribution in [0, 0.1) is 40.4 Å². The predicted octanol–water partition coefficient (Wildman–Crippen LogP) is -2.68. The van der Waals surface area contributed by atoms with Crippen LogP contribution in [0.2, 0.25) is 0 Å². The number of Topliss-reactive ketones (excluding diaryl/α,β-unsaturated/α-hetero) is 1. The second-order valence-corrected chi connectivity index (χ2v) is 27.7. The van der Waals surface area contributed by atoms with E-state index in [4.69, 9.17) is 51.6 Å². The number of ether oxygens (including phenoxy) is 10. The van der Waals surface area contributed by atoms with E-state index in [1.165, 1.54) is 20.8 Å². The Balaban J connectivity index is 0.982. The van der Waals surface area contributed by atoms with Gasteiger partial charge < -0.3 is 114 Å². The molecule has 5 heterocycles. The van der Waals surface area contributed by atoms with Crippen molar-refractivity contribution >= 4 is 16.2 Å². The Morgan fingerprint density at radius 2 is 1.20 bits per heavy atom. The predicted molar refractivity (Wildman–Crippen MR) is 286 cm³/mol. The summed E-state index contributed by atoms with van der Waals surface area (Å²) >= 11 is 0. The van der Waals surface area contributed by atoms with Crippen LogP contribution in [0.3, 0.4) is 0 Å². The highest BCUT2D eigenvalue weighted by atomic mass is 32.3. The molecule has 0 amide bonds. The highest BCUT2D eigenvalue weighted by molar-refractivity contribution is 7.80. The van der Waals surface area contributed by atoms with Gasteiger partial charge in [0, 0.05) is 12.8 Å². The molecule has 8 fully saturated rings. The topological polar surface area (TPSA) is 436 Å². The highest BCUT2D eigenvalue weighted by Crippen LogP contribution is 2.67. The maximum absolute atomic E-state index is 13.2. The molecule has 0 spiro atoms. The van der Waals surface area contributed by atoms with Gasteiger partial charge in [0.05, 0.1) is 49.3 Å². The van der Waals surface area contributed by atoms with Gasteiger partial charge in [0.2, 0.25) is 0 Å². The molecule has 3 saturated carbocycles. The molecule has 85 heavy (non-hydrogen) atoms. The third-order valence-corrected chi connectivity index (χ3v) is 20.8. The van der Waals surface area contributed by atoms with Crippen LogP contribution in [0.15, 0.2) is 11.6 Å². The zero-order valence-corrected chi connectivity index (χ0v) is 50.0. The van der Waals surface area contributed by atoms with Crippen molar-refractivity contribution in [2.75, 3.05) is 13.2 Å². The summed E-state index contributed by atoms with van der Waals surface area (Å²) in [6, 6.07) is 0. The molecule has 0 aromatic heterocycles. The fourth-order valence-electron chi connectivity index (χ4n) is 15.8. The molecule has 33 atom stereocenters. The van der Waals surface area contributed by atoms with Crippen LogP contribution in [0.1, 0.15) is 113 Å². The standard InChI is InChI=1S/C56H92O28S/c1-21(2)15-25(58)18-56(8,70)34-10-9-28-27-17-31(30-16-26(84-85(71,72)73)11-13-54(30,6)29(27)12-14-55(28,34)7)78-51-45(69)46(37(61)24(5)77-51)81-52-47(82-49-43(67)40(64)35(59)22(3)75-49)39(63)33(20-74-52)80-53-48(42(66)38(62)32(19-57)79-53)83-50-44(68)41(65)36(60)23(4)76-50/h12,21-24,26-28,30-53,57,59-70H,9-11,13-20H2,1-8H3,(H,71,72,73)/t22-,23-,24-,26+,27?,28?,30?,31+,32-,33-,34+,35-,36-,37-,38+,39+,40+,41+,42+,43-,44-,45-,46+,47-,48-,49+,50+,51+,52+,53+,54-,55+,56?/m1/s1. The van der Waals surface area contributed by atoms with Crippen LogP contribution in [0.5, 0.6) is 0 Å². The molecule has 4 aliphatic carbocycles. The van der Waals surface area contributed by atoms with Crippen molar-refractivity contribution < 1.29 is 136 Å². The highest BCUT2D eigenvalue weighted by Gasteiger charge is 2.64. The van der Waals surface area contributed by atoms with Crippen molar-refractivity contribution in [3.05, 3.63) is 11.6 Å². The molecule has 9 rings (SSSR count). The Morgan fingerprint density at radius 1 is 0.647 bits per heavy atom. The van der Waals surface area contributed by atoms with Gasteiger partial charge in [-0.25, -0.2) is 4.18 Å². The van der Waals surface area contributed by atoms with Crippen molar-refractivity contribution in [1.82, 2.24) is 0 Å². The van der Waals surface area contributed by atoms with E-state index < -0.39 is 206 Å². The lowest BCUT2D eigenvalue weighted by Gasteiger charge is -2.60. The number of aliphatic hydroxyl groups is 13. The molecule has 490 valence electrons. The number of carbonyl (C=O) groups is 1. The Bertz CT molecular complexity index is 2420. The van der Waals surface area contributed by atoms with E-state index in [2.05, 4.69) is 19.9 Å². The lowest BCUT2D eigenvalue weighted by Crippen LogP contribution is -2.67. The van der Waals surface area contributed by atoms with E-state index in [0.717, 1.165) is 12.0 Å². The molecule has 4 unspecified atom stereocenters. The fraction of sp³-hybridized carbons (Fsp3) is 0.946. The number of rotatable bonds is 18. The number of aliphatic hydroxyl groups excluding tert-OH is 12. The number of hydrogen-bond donors (Lipinski definition) is 14. The maximum Gasteiger partial charge on any atom is 0.397 e. The van der Waals surface area contributed by atoms with Gasteiger partial charge in [0.15, 0.2) is 31.5 Å². The molecular weight excluding hydrogens is 1150 g/mol. The van der Waals surface area contributed by atoms with Crippen LogP contribution in [-0.4, -0.2) is 264 Å². The minimum Gasteiger partial charge on any atom is -0.394 e. The summed E-state index contributed by atoms with van der Waals surface area (Å²) in [7, 11) is -4.88. The molecule has 29 heteroatoms. The molecule has 14 N–H and O–H groups in total. The quantitative estimate of drug-likeness (QED) is 0.0491. The van der Waals surface area contributed by atoms with Gasteiger partial charge in [-0.2, -0.15) is 8.42 Å². The van der Waals surface area contributed by atoms with Crippen LogP contribution in [0.4, 0.5) is 0 Å². The molecule has 5 saturated heterocycles. The lowest BCUT2D eigenvalue weighted by atomic mass is 9.47. The van der Waals surface area contributed by atoms with Crippen molar-refractivity contribution in [2.24, 2.45) is 40.4 Å². The maximum atomic E-state index is 13.2. The van der Waals surface area contributed by atoms with Crippen LogP contribution in [0.25, 0.3) is 0 Å². The monoisotopic (exact) mass is 1240 g/mol. The van der Waals surface area contributed by atoms with Gasteiger partial charge in [-0.05, 0) is 113 Å². The first-order valence-corrected chi connectivity index (χ1v) is 31.3. The lowest BCUT2D eigenvalue weighted by molar-refractivity contribution is -0.398. The van der Waals surface area contributed by atoms with Gasteiger partial charge >= 0.3 is 10.4 Å². The summed E-state index contributed by atoms with van der Waals surface area (Å²) in [6.07, 6.45) is -37.1. The van der Waals surface area contributed by atoms with Crippen LogP contribution < -0.4 is 0 Å². The second-order valence-electron chi connectivity index (χ2n) is 26.7. The summed E-state index contributed by atoms with van der Waals surface area (Å²) in [4.78, 5) is 13.2. The Labute approximate surface area is 494 Å². The normalized spacial score (nSPS) is 51.3. The number of fused-ring (bicyclic) bond motifs is 5. The minimum absolute atomic E-state index is 0.00462. The van der Waals surface area contributed by atoms with Crippen LogP contribution >= 0.6 is 0 Å². The Morgan fingerprint density at radius 3 is 1.78 bits per heavy atom. The summed E-state index contributed by atoms with van der Waals surface area (Å²) < 4.78 is 100. The Hall–Kier alpha value is -1.64. The van der Waals surface area contributed by atoms with Gasteiger partial charge in [-0.3, -0.25) is 9.35 Å². The molecule has 0 radical (unpaired) electrons. The minimum atomic E-state index is -4.88. The molecule has 5 aliphatic heterocycles. The fourth-order valence-corrected chi connectivity index (χ4v) is 16.3. The van der Waals surface area contributed by atoms with Crippen LogP contribution in [-0.2, 0) is 66.7 Å². The molecule has 0 aromatic rings. The number of allylic oxidation sites excluding steroid dienone is 2. The van der Waals surface area contributed by atoms with Crippen molar-refractivity contribution in [3.63, 3.8) is 0 Å². The average molecular weight is 1250 g/mol. The molecular formula is C56H92O28S. The van der Waals surface area contributed by atoms with Gasteiger partial charge in [0.25, 0.3) is 0 Å². The summed E-state index contributed by atoms with van der Waals surface area (Å²) in [5, 5.41) is 145. The average Bonchev–Trinajstić information content (AvgIpc) is 1.71. The molecule has 0 bridgehead atoms. The second kappa shape index (κ2) is 26.2. The van der Waals surface area contributed by atoms with E-state index in [0.29, 0.717) is 32.1 Å². The summed E-state index contributed by atoms with van der Waals surface area (Å²) in [5.74, 6) is -0.799. The first kappa shape index (κ1) is 67.7. The first-order chi connectivity index (χ1) is 39.7. The number of hydrogen-bond acceptors (Lipinski definition) is 27. The molecule has 9 aliphatic rings. The van der Waals surface area contributed by atoms with E-state index in [-0.39, 0.29) is 48.7 Å². The van der Waals surface area contributed by atoms with Gasteiger partial charge in [0.1, 0.15) is 103 Å². The van der Waals surface area contributed by atoms with Crippen molar-refractivity contribution in [1.29, 1.82) is 0 Å². The number of carbonyl (C=O) groups excluding carboxylic acids is 1. The van der Waals surface area contributed by atoms with Gasteiger partial charge in [-0.15, -0.1) is 0 Å². The van der Waals surface area contributed by atoms with E-state index in [9.17, 15) is 84.1 Å². The molecule has 28 nitrogen and oxygen atoms in total. The first-order valence-electron chi connectivity index (χ1n) is 29.9. The summed E-state index contributed by atoms with van der Waals surface area (Å²) in [6.45, 7) is 12.6. The van der Waals surface area contributed by atoms with Crippen molar-refractivity contribution in [3.8, 4) is 0 Å². The largest absolute Gasteiger partial charge is 0.397 e. The van der Waals surface area contributed by atoms with Crippen molar-refractivity contribution in [2.45, 2.75) is 278 Å².